The average Bonchev–Trinajstić information content (AvgIpc) is 3.04. The summed E-state index contributed by atoms with van der Waals surface area (Å²) in [5.41, 5.74) is -0.243. The van der Waals surface area contributed by atoms with Gasteiger partial charge < -0.3 is 14.9 Å². The summed E-state index contributed by atoms with van der Waals surface area (Å²) in [4.78, 5) is 12.2. The quantitative estimate of drug-likeness (QED) is 0.483. The second-order valence-electron chi connectivity index (χ2n) is 13.9. The van der Waals surface area contributed by atoms with Crippen molar-refractivity contribution >= 4 is 5.97 Å². The van der Waals surface area contributed by atoms with E-state index < -0.39 is 5.60 Å². The molecule has 0 amide bonds. The lowest BCUT2D eigenvalue weighted by Gasteiger charge is -2.63. The van der Waals surface area contributed by atoms with Crippen molar-refractivity contribution in [2.24, 2.45) is 46.3 Å². The highest BCUT2D eigenvalue weighted by Gasteiger charge is 2.64. The van der Waals surface area contributed by atoms with Crippen LogP contribution < -0.4 is 0 Å². The average molecular weight is 463 g/mol. The highest BCUT2D eigenvalue weighted by molar-refractivity contribution is 5.69. The van der Waals surface area contributed by atoms with Gasteiger partial charge in [0, 0.05) is 6.42 Å². The zero-order valence-corrected chi connectivity index (χ0v) is 22.1. The predicted octanol–water partition coefficient (Wildman–Crippen LogP) is 6.13. The molecule has 4 saturated carbocycles. The smallest absolute Gasteiger partial charge is 0.306 e. The minimum atomic E-state index is -0.427. The molecule has 0 aromatic carbocycles. The molecule has 10 unspecified atom stereocenters. The Morgan fingerprint density at radius 1 is 1.06 bits per heavy atom. The summed E-state index contributed by atoms with van der Waals surface area (Å²) in [5.74, 6) is 2.65. The van der Waals surface area contributed by atoms with E-state index in [9.17, 15) is 15.0 Å². The Balaban J connectivity index is 1.44. The van der Waals surface area contributed by atoms with Crippen LogP contribution in [0.4, 0.5) is 0 Å². The van der Waals surface area contributed by atoms with Crippen molar-refractivity contribution in [2.45, 2.75) is 130 Å². The Bertz CT molecular complexity index is 713. The summed E-state index contributed by atoms with van der Waals surface area (Å²) >= 11 is 0. The minimum Gasteiger partial charge on any atom is -0.460 e. The van der Waals surface area contributed by atoms with E-state index in [1.807, 2.05) is 20.8 Å². The van der Waals surface area contributed by atoms with Gasteiger partial charge in [-0.1, -0.05) is 33.6 Å². The number of esters is 1. The van der Waals surface area contributed by atoms with E-state index in [0.717, 1.165) is 38.5 Å². The summed E-state index contributed by atoms with van der Waals surface area (Å²) in [5, 5.41) is 23.0. The van der Waals surface area contributed by atoms with Crippen LogP contribution in [0.3, 0.4) is 0 Å². The van der Waals surface area contributed by atoms with E-state index in [2.05, 4.69) is 20.8 Å². The molecule has 33 heavy (non-hydrogen) atoms. The molecule has 10 atom stereocenters. The SMILES string of the molecule is CC(CCC(=O)OC(C)(C)C)CC1CCC2C3C(O)CC4CCCCC4(C)C3CC(O)C12C. The monoisotopic (exact) mass is 462 g/mol. The van der Waals surface area contributed by atoms with Crippen molar-refractivity contribution in [1.29, 1.82) is 0 Å². The summed E-state index contributed by atoms with van der Waals surface area (Å²) in [7, 11) is 0. The van der Waals surface area contributed by atoms with E-state index in [-0.39, 0.29) is 23.6 Å². The van der Waals surface area contributed by atoms with E-state index in [4.69, 9.17) is 4.74 Å². The Morgan fingerprint density at radius 3 is 2.48 bits per heavy atom. The molecule has 0 aromatic rings. The predicted molar refractivity (Wildman–Crippen MR) is 131 cm³/mol. The summed E-state index contributed by atoms with van der Waals surface area (Å²) in [6.07, 6.45) is 11.1. The number of hydrogen-bond acceptors (Lipinski definition) is 4. The molecule has 190 valence electrons. The van der Waals surface area contributed by atoms with Gasteiger partial charge >= 0.3 is 5.97 Å². The van der Waals surface area contributed by atoms with Gasteiger partial charge in [-0.25, -0.2) is 0 Å². The molecule has 4 fully saturated rings. The lowest BCUT2D eigenvalue weighted by molar-refractivity contribution is -0.199. The summed E-state index contributed by atoms with van der Waals surface area (Å²) in [6, 6.07) is 0. The number of carbonyl (C=O) groups is 1. The fourth-order valence-corrected chi connectivity index (χ4v) is 9.10. The van der Waals surface area contributed by atoms with E-state index in [1.165, 1.54) is 25.7 Å². The first kappa shape index (κ1) is 25.5. The van der Waals surface area contributed by atoms with Crippen LogP contribution in [0.15, 0.2) is 0 Å². The Labute approximate surface area is 202 Å². The first-order valence-electron chi connectivity index (χ1n) is 13.9. The molecule has 0 aliphatic heterocycles. The van der Waals surface area contributed by atoms with Gasteiger partial charge in [0.2, 0.25) is 0 Å². The maximum atomic E-state index is 12.2. The highest BCUT2D eigenvalue weighted by Crippen LogP contribution is 2.68. The van der Waals surface area contributed by atoms with Gasteiger partial charge in [-0.05, 0) is 118 Å². The third-order valence-electron chi connectivity index (χ3n) is 10.8. The lowest BCUT2D eigenvalue weighted by Crippen LogP contribution is -2.61. The van der Waals surface area contributed by atoms with Crippen molar-refractivity contribution in [2.75, 3.05) is 0 Å². The van der Waals surface area contributed by atoms with Gasteiger partial charge in [0.05, 0.1) is 12.2 Å². The molecule has 4 nitrogen and oxygen atoms in total. The third-order valence-corrected chi connectivity index (χ3v) is 10.8. The van der Waals surface area contributed by atoms with Crippen molar-refractivity contribution < 1.29 is 19.7 Å². The van der Waals surface area contributed by atoms with Gasteiger partial charge in [-0.3, -0.25) is 4.79 Å². The molecule has 0 heterocycles. The zero-order valence-electron chi connectivity index (χ0n) is 22.1. The van der Waals surface area contributed by atoms with Crippen molar-refractivity contribution in [3.8, 4) is 0 Å². The molecule has 0 radical (unpaired) electrons. The van der Waals surface area contributed by atoms with E-state index >= 15 is 0 Å². The number of rotatable bonds is 5. The van der Waals surface area contributed by atoms with Crippen LogP contribution in [0.2, 0.25) is 0 Å². The molecule has 4 aliphatic rings. The van der Waals surface area contributed by atoms with Crippen LogP contribution in [0, 0.1) is 46.3 Å². The molecule has 0 spiro atoms. The molecule has 4 heteroatoms. The van der Waals surface area contributed by atoms with Crippen LogP contribution in [0.5, 0.6) is 0 Å². The largest absolute Gasteiger partial charge is 0.460 e. The van der Waals surface area contributed by atoms with Crippen LogP contribution >= 0.6 is 0 Å². The van der Waals surface area contributed by atoms with E-state index in [1.54, 1.807) is 0 Å². The van der Waals surface area contributed by atoms with Gasteiger partial charge in [0.15, 0.2) is 0 Å². The number of carbonyl (C=O) groups excluding carboxylic acids is 1. The summed E-state index contributed by atoms with van der Waals surface area (Å²) < 4.78 is 5.50. The van der Waals surface area contributed by atoms with Gasteiger partial charge in [0.25, 0.3) is 0 Å². The Morgan fingerprint density at radius 2 is 1.79 bits per heavy atom. The maximum absolute atomic E-state index is 12.2. The van der Waals surface area contributed by atoms with Crippen molar-refractivity contribution in [3.05, 3.63) is 0 Å². The van der Waals surface area contributed by atoms with Gasteiger partial charge in [-0.15, -0.1) is 0 Å². The first-order chi connectivity index (χ1) is 15.4. The second-order valence-corrected chi connectivity index (χ2v) is 13.9. The Hall–Kier alpha value is -0.610. The van der Waals surface area contributed by atoms with E-state index in [0.29, 0.717) is 47.3 Å². The fourth-order valence-electron chi connectivity index (χ4n) is 9.10. The highest BCUT2D eigenvalue weighted by atomic mass is 16.6. The summed E-state index contributed by atoms with van der Waals surface area (Å²) in [6.45, 7) is 12.8. The fraction of sp³-hybridized carbons (Fsp3) is 0.966. The third kappa shape index (κ3) is 4.65. The molecule has 0 saturated heterocycles. The molecule has 2 N–H and O–H groups in total. The number of fused-ring (bicyclic) bond motifs is 5. The van der Waals surface area contributed by atoms with Gasteiger partial charge in [-0.2, -0.15) is 0 Å². The lowest BCUT2D eigenvalue weighted by atomic mass is 9.43. The number of aliphatic hydroxyl groups is 2. The minimum absolute atomic E-state index is 0.106. The Kier molecular flexibility index (Phi) is 7.04. The van der Waals surface area contributed by atoms with Crippen LogP contribution in [-0.4, -0.2) is 34.0 Å². The normalized spacial score (nSPS) is 46.1. The first-order valence-corrected chi connectivity index (χ1v) is 13.9. The molecular weight excluding hydrogens is 412 g/mol. The number of hydrogen-bond donors (Lipinski definition) is 2. The van der Waals surface area contributed by atoms with Crippen molar-refractivity contribution in [3.63, 3.8) is 0 Å². The van der Waals surface area contributed by atoms with Gasteiger partial charge in [0.1, 0.15) is 5.60 Å². The molecular formula is C29H50O4. The van der Waals surface area contributed by atoms with Crippen LogP contribution in [0.25, 0.3) is 0 Å². The number of ether oxygens (including phenoxy) is 1. The topological polar surface area (TPSA) is 66.8 Å². The standard InChI is InChI=1S/C29H50O4/c1-18(10-13-25(32)33-27(2,3)4)15-20-11-12-21-26-22(17-24(31)29(20,21)6)28(5)14-8-7-9-19(28)16-23(26)30/h18-24,26,30-31H,7-17H2,1-6H3. The molecule has 0 bridgehead atoms. The maximum Gasteiger partial charge on any atom is 0.306 e. The molecule has 4 rings (SSSR count). The molecule has 4 aliphatic carbocycles. The van der Waals surface area contributed by atoms with Crippen LogP contribution in [0.1, 0.15) is 112 Å². The number of aliphatic hydroxyl groups excluding tert-OH is 2. The van der Waals surface area contributed by atoms with Crippen LogP contribution in [-0.2, 0) is 9.53 Å². The zero-order chi connectivity index (χ0) is 24.2. The van der Waals surface area contributed by atoms with Crippen molar-refractivity contribution in [1.82, 2.24) is 0 Å². The molecule has 0 aromatic heterocycles. The second kappa shape index (κ2) is 9.12.